The Labute approximate surface area is 128 Å². The lowest BCUT2D eigenvalue weighted by atomic mass is 10.0. The first-order valence-corrected chi connectivity index (χ1v) is 6.96. The molecule has 0 bridgehead atoms. The highest BCUT2D eigenvalue weighted by molar-refractivity contribution is 5.84. The van der Waals surface area contributed by atoms with Crippen LogP contribution in [0, 0.1) is 0 Å². The van der Waals surface area contributed by atoms with Gasteiger partial charge >= 0.3 is 5.97 Å². The molecule has 0 radical (unpaired) electrons. The van der Waals surface area contributed by atoms with E-state index in [4.69, 9.17) is 14.6 Å². The van der Waals surface area contributed by atoms with Crippen LogP contribution in [0.5, 0.6) is 5.75 Å². The predicted molar refractivity (Wildman–Crippen MR) is 80.7 cm³/mol. The van der Waals surface area contributed by atoms with E-state index in [-0.39, 0.29) is 11.9 Å². The first kappa shape index (κ1) is 15.8. The monoisotopic (exact) mass is 302 g/mol. The lowest BCUT2D eigenvalue weighted by Crippen LogP contribution is -2.16. The van der Waals surface area contributed by atoms with Crippen LogP contribution in [0.2, 0.25) is 0 Å². The molecule has 0 amide bonds. The zero-order chi connectivity index (χ0) is 16.3. The Morgan fingerprint density at radius 2 is 2.27 bits per heavy atom. The summed E-state index contributed by atoms with van der Waals surface area (Å²) in [5, 5.41) is 8.99. The molecule has 0 saturated heterocycles. The third-order valence-corrected chi connectivity index (χ3v) is 3.57. The molecule has 1 heterocycles. The number of fused-ring (bicyclic) bond motifs is 1. The molecule has 0 fully saturated rings. The molecule has 2 rings (SSSR count). The number of carboxylic acid groups (broad SMARTS) is 1. The first-order valence-electron chi connectivity index (χ1n) is 6.96. The van der Waals surface area contributed by atoms with Crippen molar-refractivity contribution in [3.8, 4) is 5.75 Å². The summed E-state index contributed by atoms with van der Waals surface area (Å²) in [4.78, 5) is 21.8. The Morgan fingerprint density at radius 1 is 1.55 bits per heavy atom. The maximum atomic E-state index is 11.0. The highest BCUT2D eigenvalue weighted by Crippen LogP contribution is 2.34. The number of ether oxygens (including phenoxy) is 2. The molecule has 0 aliphatic carbocycles. The van der Waals surface area contributed by atoms with Crippen molar-refractivity contribution in [2.24, 2.45) is 0 Å². The van der Waals surface area contributed by atoms with Crippen LogP contribution in [0.3, 0.4) is 0 Å². The van der Waals surface area contributed by atoms with Crippen LogP contribution in [0.1, 0.15) is 31.1 Å². The number of hydrogen-bond acceptors (Lipinski definition) is 4. The number of benzene rings is 1. The second kappa shape index (κ2) is 6.47. The molecule has 0 saturated carbocycles. The van der Waals surface area contributed by atoms with E-state index < -0.39 is 12.1 Å². The SMILES string of the molecule is C=C(C=O)[C@@H]1Cc2cc([C@H](C)OC(=CC)C(=O)O)ccc2O1. The summed E-state index contributed by atoms with van der Waals surface area (Å²) >= 11 is 0. The van der Waals surface area contributed by atoms with Gasteiger partial charge in [-0.2, -0.15) is 0 Å². The van der Waals surface area contributed by atoms with Crippen molar-refractivity contribution in [1.82, 2.24) is 0 Å². The fraction of sp³-hybridized carbons (Fsp3) is 0.294. The summed E-state index contributed by atoms with van der Waals surface area (Å²) in [7, 11) is 0. The van der Waals surface area contributed by atoms with Gasteiger partial charge in [0.05, 0.1) is 0 Å². The zero-order valence-electron chi connectivity index (χ0n) is 12.5. The molecule has 5 heteroatoms. The van der Waals surface area contributed by atoms with Crippen molar-refractivity contribution in [3.63, 3.8) is 0 Å². The van der Waals surface area contributed by atoms with Gasteiger partial charge in [-0.15, -0.1) is 0 Å². The van der Waals surface area contributed by atoms with Crippen LogP contribution in [0.4, 0.5) is 0 Å². The molecule has 2 atom stereocenters. The number of carbonyl (C=O) groups excluding carboxylic acids is 1. The van der Waals surface area contributed by atoms with Gasteiger partial charge in [-0.05, 0) is 43.2 Å². The van der Waals surface area contributed by atoms with E-state index in [0.717, 1.165) is 11.1 Å². The average Bonchev–Trinajstić information content (AvgIpc) is 2.94. The van der Waals surface area contributed by atoms with Crippen LogP contribution in [0.25, 0.3) is 0 Å². The Kier molecular flexibility index (Phi) is 4.65. The Hall–Kier alpha value is -2.56. The fourth-order valence-corrected chi connectivity index (χ4v) is 2.30. The van der Waals surface area contributed by atoms with Crippen molar-refractivity contribution in [2.45, 2.75) is 32.5 Å². The van der Waals surface area contributed by atoms with Crippen molar-refractivity contribution in [2.75, 3.05) is 0 Å². The van der Waals surface area contributed by atoms with Crippen LogP contribution >= 0.6 is 0 Å². The third kappa shape index (κ3) is 3.19. The van der Waals surface area contributed by atoms with Crippen LogP contribution in [0.15, 0.2) is 42.2 Å². The standard InChI is InChI=1S/C17H18O5/c1-4-14(17(19)20)21-11(3)12-5-6-15-13(7-12)8-16(22-15)10(2)9-18/h4-7,9,11,16H,2,8H2,1,3H3,(H,19,20)/t11-,16-/m0/s1. The van der Waals surface area contributed by atoms with Crippen molar-refractivity contribution < 1.29 is 24.2 Å². The van der Waals surface area contributed by atoms with Gasteiger partial charge in [0.1, 0.15) is 24.2 Å². The van der Waals surface area contributed by atoms with Gasteiger partial charge in [0.15, 0.2) is 0 Å². The average molecular weight is 302 g/mol. The normalized spacial score (nSPS) is 18.1. The summed E-state index contributed by atoms with van der Waals surface area (Å²) in [6.07, 6.45) is 1.96. The lowest BCUT2D eigenvalue weighted by Gasteiger charge is -2.15. The molecule has 5 nitrogen and oxygen atoms in total. The van der Waals surface area contributed by atoms with E-state index in [1.54, 1.807) is 19.9 Å². The van der Waals surface area contributed by atoms with Crippen molar-refractivity contribution in [3.05, 3.63) is 53.3 Å². The molecule has 1 aromatic carbocycles. The Balaban J connectivity index is 2.15. The second-order valence-electron chi connectivity index (χ2n) is 5.09. The molecule has 0 unspecified atom stereocenters. The van der Waals surface area contributed by atoms with E-state index in [9.17, 15) is 9.59 Å². The molecular formula is C17H18O5. The van der Waals surface area contributed by atoms with Gasteiger partial charge in [0, 0.05) is 12.0 Å². The minimum absolute atomic E-state index is 0.0866. The quantitative estimate of drug-likeness (QED) is 0.497. The number of aliphatic carboxylic acids is 1. The van der Waals surface area contributed by atoms with Gasteiger partial charge < -0.3 is 14.6 Å². The number of hydrogen-bond donors (Lipinski definition) is 1. The first-order chi connectivity index (χ1) is 10.5. The van der Waals surface area contributed by atoms with E-state index in [1.165, 1.54) is 6.08 Å². The number of aldehydes is 1. The largest absolute Gasteiger partial charge is 0.485 e. The zero-order valence-corrected chi connectivity index (χ0v) is 12.5. The van der Waals surface area contributed by atoms with Gasteiger partial charge in [-0.25, -0.2) is 4.79 Å². The maximum absolute atomic E-state index is 11.0. The van der Waals surface area contributed by atoms with Crippen LogP contribution < -0.4 is 4.74 Å². The van der Waals surface area contributed by atoms with Gasteiger partial charge in [-0.1, -0.05) is 12.6 Å². The molecule has 0 spiro atoms. The highest BCUT2D eigenvalue weighted by Gasteiger charge is 2.26. The van der Waals surface area contributed by atoms with Crippen LogP contribution in [-0.4, -0.2) is 23.5 Å². The van der Waals surface area contributed by atoms with Crippen molar-refractivity contribution >= 4 is 12.3 Å². The maximum Gasteiger partial charge on any atom is 0.370 e. The van der Waals surface area contributed by atoms with E-state index in [0.29, 0.717) is 24.0 Å². The second-order valence-corrected chi connectivity index (χ2v) is 5.09. The Bertz CT molecular complexity index is 644. The lowest BCUT2D eigenvalue weighted by molar-refractivity contribution is -0.137. The number of carboxylic acids is 1. The minimum Gasteiger partial charge on any atom is -0.485 e. The third-order valence-electron chi connectivity index (χ3n) is 3.57. The Morgan fingerprint density at radius 3 is 2.86 bits per heavy atom. The summed E-state index contributed by atoms with van der Waals surface area (Å²) in [5.41, 5.74) is 2.21. The molecule has 0 aromatic heterocycles. The summed E-state index contributed by atoms with van der Waals surface area (Å²) in [5.74, 6) is -0.467. The van der Waals surface area contributed by atoms with Crippen molar-refractivity contribution in [1.29, 1.82) is 0 Å². The molecule has 1 N–H and O–H groups in total. The minimum atomic E-state index is -1.10. The molecular weight excluding hydrogens is 284 g/mol. The van der Waals surface area contributed by atoms with E-state index in [2.05, 4.69) is 6.58 Å². The molecule has 1 aromatic rings. The highest BCUT2D eigenvalue weighted by atomic mass is 16.5. The summed E-state index contributed by atoms with van der Waals surface area (Å²) < 4.78 is 11.1. The van der Waals surface area contributed by atoms with Gasteiger partial charge in [-0.3, -0.25) is 4.79 Å². The van der Waals surface area contributed by atoms with Gasteiger partial charge in [0.2, 0.25) is 5.76 Å². The number of allylic oxidation sites excluding steroid dienone is 1. The summed E-state index contributed by atoms with van der Waals surface area (Å²) in [6.45, 7) is 7.07. The van der Waals surface area contributed by atoms with Crippen LogP contribution in [-0.2, 0) is 20.7 Å². The smallest absolute Gasteiger partial charge is 0.370 e. The molecule has 116 valence electrons. The molecule has 1 aliphatic heterocycles. The number of rotatable bonds is 6. The molecule has 22 heavy (non-hydrogen) atoms. The number of carbonyl (C=O) groups is 2. The van der Waals surface area contributed by atoms with E-state index >= 15 is 0 Å². The van der Waals surface area contributed by atoms with E-state index in [1.807, 2.05) is 12.1 Å². The predicted octanol–water partition coefficient (Wildman–Crippen LogP) is 2.81. The summed E-state index contributed by atoms with van der Waals surface area (Å²) in [6, 6.07) is 5.54. The topological polar surface area (TPSA) is 72.8 Å². The fourth-order valence-electron chi connectivity index (χ4n) is 2.30. The van der Waals surface area contributed by atoms with Gasteiger partial charge in [0.25, 0.3) is 0 Å². The molecule has 1 aliphatic rings.